The highest BCUT2D eigenvalue weighted by molar-refractivity contribution is 9.10. The highest BCUT2D eigenvalue weighted by Crippen LogP contribution is 2.34. The van der Waals surface area contributed by atoms with Crippen LogP contribution in [-0.4, -0.2) is 78.2 Å². The Labute approximate surface area is 369 Å². The quantitative estimate of drug-likeness (QED) is 0.0350. The Hall–Kier alpha value is -6.29. The lowest BCUT2D eigenvalue weighted by molar-refractivity contribution is -0.137. The van der Waals surface area contributed by atoms with Crippen LogP contribution in [0.5, 0.6) is 0 Å². The van der Waals surface area contributed by atoms with Crippen molar-refractivity contribution in [1.29, 1.82) is 0 Å². The molecule has 0 radical (unpaired) electrons. The molecule has 15 nitrogen and oxygen atoms in total. The molecule has 0 saturated carbocycles. The molecule has 16 heteroatoms. The number of nitrogens with one attached hydrogen (secondary N) is 5. The van der Waals surface area contributed by atoms with Crippen molar-refractivity contribution >= 4 is 68.1 Å². The van der Waals surface area contributed by atoms with Crippen molar-refractivity contribution in [2.45, 2.75) is 94.8 Å². The molecule has 0 bridgehead atoms. The number of amides is 6. The van der Waals surface area contributed by atoms with Crippen LogP contribution in [0.4, 0.5) is 0 Å². The maximum atomic E-state index is 14.7. The Morgan fingerprint density at radius 1 is 0.742 bits per heavy atom. The third-order valence-electron chi connectivity index (χ3n) is 10.9. The molecular formula is C46H56BrN9O6. The maximum Gasteiger partial charge on any atom is 0.246 e. The number of nitrogens with two attached hydrogens (primary N) is 3. The zero-order chi connectivity index (χ0) is 44.6. The van der Waals surface area contributed by atoms with Gasteiger partial charge in [-0.05, 0) is 71.2 Å². The normalized spacial score (nSPS) is 15.8. The smallest absolute Gasteiger partial charge is 0.246 e. The van der Waals surface area contributed by atoms with E-state index >= 15 is 0 Å². The monoisotopic (exact) mass is 909 g/mol. The summed E-state index contributed by atoms with van der Waals surface area (Å²) in [4.78, 5) is 86.1. The minimum Gasteiger partial charge on any atom is -0.370 e. The molecule has 5 rings (SSSR count). The lowest BCUT2D eigenvalue weighted by Gasteiger charge is -2.39. The van der Waals surface area contributed by atoms with Crippen molar-refractivity contribution in [3.8, 4) is 0 Å². The van der Waals surface area contributed by atoms with Crippen LogP contribution in [0.25, 0.3) is 10.8 Å². The Morgan fingerprint density at radius 2 is 1.42 bits per heavy atom. The molecule has 328 valence electrons. The number of aliphatic imine (C=N–C) groups is 1. The summed E-state index contributed by atoms with van der Waals surface area (Å²) >= 11 is 3.63. The van der Waals surface area contributed by atoms with Gasteiger partial charge in [-0.15, -0.1) is 0 Å². The first-order valence-electron chi connectivity index (χ1n) is 20.9. The number of carbonyl (C=O) groups excluding carboxylic acids is 6. The first-order valence-corrected chi connectivity index (χ1v) is 21.7. The van der Waals surface area contributed by atoms with Gasteiger partial charge in [-0.25, -0.2) is 0 Å². The Bertz CT molecular complexity index is 2270. The summed E-state index contributed by atoms with van der Waals surface area (Å²) in [6, 6.07) is 24.6. The number of carbonyl (C=O) groups is 6. The summed E-state index contributed by atoms with van der Waals surface area (Å²) in [5.41, 5.74) is 18.5. The number of guanidine groups is 1. The van der Waals surface area contributed by atoms with Gasteiger partial charge >= 0.3 is 0 Å². The summed E-state index contributed by atoms with van der Waals surface area (Å²) in [5.74, 6) is -3.72. The SMILES string of the molecule is CCCCC(=O)NC1(C(=O)NC(Cc2ccccc2)C(=O)NC(CCCN=C(N)N)C(=O)NC(Cc2ccc3ccccc3c2)C(=O)NCC(N)=O)CCc2c(Br)cccc2C1. The fourth-order valence-corrected chi connectivity index (χ4v) is 8.21. The molecule has 6 amide bonds. The van der Waals surface area contributed by atoms with Gasteiger partial charge in [-0.1, -0.05) is 114 Å². The van der Waals surface area contributed by atoms with Crippen molar-refractivity contribution in [3.63, 3.8) is 0 Å². The Kier molecular flexibility index (Phi) is 17.0. The first kappa shape index (κ1) is 46.8. The topological polar surface area (TPSA) is 253 Å². The number of fused-ring (bicyclic) bond motifs is 2. The van der Waals surface area contributed by atoms with Gasteiger partial charge in [-0.2, -0.15) is 0 Å². The number of benzene rings is 4. The summed E-state index contributed by atoms with van der Waals surface area (Å²) < 4.78 is 0.914. The van der Waals surface area contributed by atoms with E-state index in [0.29, 0.717) is 12.8 Å². The third-order valence-corrected chi connectivity index (χ3v) is 11.6. The van der Waals surface area contributed by atoms with Crippen molar-refractivity contribution in [3.05, 3.63) is 118 Å². The molecule has 11 N–H and O–H groups in total. The first-order chi connectivity index (χ1) is 29.8. The molecular weight excluding hydrogens is 854 g/mol. The highest BCUT2D eigenvalue weighted by Gasteiger charge is 2.44. The van der Waals surface area contributed by atoms with Crippen LogP contribution in [0.2, 0.25) is 0 Å². The molecule has 4 unspecified atom stereocenters. The summed E-state index contributed by atoms with van der Waals surface area (Å²) in [7, 11) is 0. The number of hydrogen-bond acceptors (Lipinski definition) is 7. The van der Waals surface area contributed by atoms with Crippen LogP contribution in [0.15, 0.2) is 100 Å². The number of primary amides is 1. The van der Waals surface area contributed by atoms with Crippen LogP contribution in [0, 0.1) is 0 Å². The molecule has 0 aliphatic heterocycles. The standard InChI is InChI=1S/C46H56BrN9O6/c1-2-3-18-40(58)56-46(22-21-34-33(27-46)15-9-16-35(34)47)44(62)55-38(25-29-11-5-4-6-12-29)43(61)53-36(17-10-23-51-45(49)50)42(60)54-37(41(59)52-28-39(48)57)26-30-19-20-31-13-7-8-14-32(31)24-30/h4-9,11-16,19-20,24,36-38H,2-3,10,17-18,21-23,25-28H2,1H3,(H2,48,57)(H,52,59)(H,53,61)(H,54,60)(H,55,62)(H,56,58)(H4,49,50,51). The third kappa shape index (κ3) is 13.4. The molecule has 0 saturated heterocycles. The van der Waals surface area contributed by atoms with Crippen LogP contribution >= 0.6 is 15.9 Å². The zero-order valence-electron chi connectivity index (χ0n) is 34.9. The van der Waals surface area contributed by atoms with Gasteiger partial charge < -0.3 is 43.8 Å². The molecule has 1 aliphatic carbocycles. The second-order valence-electron chi connectivity index (χ2n) is 15.6. The van der Waals surface area contributed by atoms with E-state index in [1.807, 2.05) is 97.9 Å². The zero-order valence-corrected chi connectivity index (χ0v) is 36.5. The van der Waals surface area contributed by atoms with E-state index in [2.05, 4.69) is 47.5 Å². The van der Waals surface area contributed by atoms with Gasteiger partial charge in [0.25, 0.3) is 0 Å². The van der Waals surface area contributed by atoms with Crippen LogP contribution in [0.1, 0.15) is 67.7 Å². The van der Waals surface area contributed by atoms with Gasteiger partial charge in [0.05, 0.1) is 6.54 Å². The fourth-order valence-electron chi connectivity index (χ4n) is 7.61. The molecule has 1 aliphatic rings. The molecule has 0 aromatic heterocycles. The van der Waals surface area contributed by atoms with Crippen molar-refractivity contribution in [2.24, 2.45) is 22.2 Å². The average molecular weight is 911 g/mol. The van der Waals surface area contributed by atoms with Crippen LogP contribution in [0.3, 0.4) is 0 Å². The Morgan fingerprint density at radius 3 is 2.15 bits per heavy atom. The molecule has 4 atom stereocenters. The van der Waals surface area contributed by atoms with E-state index in [1.165, 1.54) is 0 Å². The second-order valence-corrected chi connectivity index (χ2v) is 16.5. The predicted molar refractivity (Wildman–Crippen MR) is 242 cm³/mol. The van der Waals surface area contributed by atoms with Gasteiger partial charge in [0.15, 0.2) is 5.96 Å². The van der Waals surface area contributed by atoms with Crippen LogP contribution < -0.4 is 43.8 Å². The molecule has 4 aromatic carbocycles. The predicted octanol–water partition coefficient (Wildman–Crippen LogP) is 2.73. The van der Waals surface area contributed by atoms with Crippen molar-refractivity contribution in [2.75, 3.05) is 13.1 Å². The van der Waals surface area contributed by atoms with Crippen molar-refractivity contribution in [1.82, 2.24) is 26.6 Å². The molecule has 0 heterocycles. The largest absolute Gasteiger partial charge is 0.370 e. The van der Waals surface area contributed by atoms with E-state index in [-0.39, 0.29) is 63.4 Å². The summed E-state index contributed by atoms with van der Waals surface area (Å²) in [6.07, 6.45) is 3.10. The number of rotatable bonds is 21. The Balaban J connectivity index is 1.44. The van der Waals surface area contributed by atoms with E-state index in [4.69, 9.17) is 17.2 Å². The average Bonchev–Trinajstić information content (AvgIpc) is 3.25. The lowest BCUT2D eigenvalue weighted by atomic mass is 9.76. The molecule has 0 spiro atoms. The number of hydrogen-bond donors (Lipinski definition) is 8. The molecule has 4 aromatic rings. The molecule has 0 fully saturated rings. The minimum absolute atomic E-state index is 0.0499. The second kappa shape index (κ2) is 22.5. The number of nitrogens with zero attached hydrogens (tertiary/aromatic N) is 1. The number of unbranched alkanes of at least 4 members (excludes halogenated alkanes) is 1. The highest BCUT2D eigenvalue weighted by atomic mass is 79.9. The van der Waals surface area contributed by atoms with Gasteiger partial charge in [-0.3, -0.25) is 33.8 Å². The van der Waals surface area contributed by atoms with Gasteiger partial charge in [0.2, 0.25) is 35.4 Å². The van der Waals surface area contributed by atoms with Crippen molar-refractivity contribution < 1.29 is 28.8 Å². The van der Waals surface area contributed by atoms with E-state index in [9.17, 15) is 28.8 Å². The minimum atomic E-state index is -1.36. The van der Waals surface area contributed by atoms with E-state index < -0.39 is 59.7 Å². The molecule has 62 heavy (non-hydrogen) atoms. The summed E-state index contributed by atoms with van der Waals surface area (Å²) in [5, 5.41) is 16.1. The van der Waals surface area contributed by atoms with Gasteiger partial charge in [0, 0.05) is 36.7 Å². The van der Waals surface area contributed by atoms with Crippen LogP contribution in [-0.2, 0) is 54.5 Å². The fraction of sp³-hybridized carbons (Fsp3) is 0.370. The van der Waals surface area contributed by atoms with Gasteiger partial charge in [0.1, 0.15) is 23.7 Å². The lowest BCUT2D eigenvalue weighted by Crippen LogP contribution is -2.65. The van der Waals surface area contributed by atoms with E-state index in [0.717, 1.165) is 43.9 Å². The summed E-state index contributed by atoms with van der Waals surface area (Å²) in [6.45, 7) is 1.67. The number of halogens is 1. The maximum absolute atomic E-state index is 14.7. The van der Waals surface area contributed by atoms with E-state index in [1.54, 1.807) is 0 Å².